The molecule has 7 heteroatoms. The molecule has 1 aromatic heterocycles. The Hall–Kier alpha value is -2.96. The number of aromatic nitrogens is 2. The van der Waals surface area contributed by atoms with E-state index in [1.807, 2.05) is 24.3 Å². The van der Waals surface area contributed by atoms with Gasteiger partial charge < -0.3 is 15.4 Å². The molecule has 0 spiro atoms. The van der Waals surface area contributed by atoms with Crippen molar-refractivity contribution >= 4 is 23.5 Å². The van der Waals surface area contributed by atoms with Gasteiger partial charge in [0.25, 0.3) is 5.91 Å². The fourth-order valence-electron chi connectivity index (χ4n) is 2.04. The normalized spacial score (nSPS) is 11.4. The third-order valence-corrected chi connectivity index (χ3v) is 3.49. The lowest BCUT2D eigenvalue weighted by molar-refractivity contribution is -0.152. The summed E-state index contributed by atoms with van der Waals surface area (Å²) in [5, 5.41) is 5.63. The molecule has 0 aliphatic rings. The standard InChI is InChI=1S/C18H22N4O3/c1-3-14-5-7-15(8-6-14)22-17(24)13(2)25-16(23)9-12-21-18-19-10-4-11-20-18/h4-8,10-11,13H,3,9,12H2,1-2H3,(H,22,24)(H,19,20,21). The van der Waals surface area contributed by atoms with Gasteiger partial charge in [-0.05, 0) is 37.1 Å². The van der Waals surface area contributed by atoms with Gasteiger partial charge in [-0.2, -0.15) is 0 Å². The first-order valence-corrected chi connectivity index (χ1v) is 8.18. The number of nitrogens with one attached hydrogen (secondary N) is 2. The fraction of sp³-hybridized carbons (Fsp3) is 0.333. The van der Waals surface area contributed by atoms with Gasteiger partial charge in [0.05, 0.1) is 6.42 Å². The molecule has 0 bridgehead atoms. The highest BCUT2D eigenvalue weighted by Gasteiger charge is 2.17. The number of carbonyl (C=O) groups is 2. The Bertz CT molecular complexity index is 689. The van der Waals surface area contributed by atoms with Crippen LogP contribution in [-0.4, -0.2) is 34.5 Å². The molecule has 0 saturated carbocycles. The molecule has 25 heavy (non-hydrogen) atoms. The molecule has 0 radical (unpaired) electrons. The average Bonchev–Trinajstić information content (AvgIpc) is 2.63. The van der Waals surface area contributed by atoms with E-state index in [-0.39, 0.29) is 12.3 Å². The number of ether oxygens (including phenoxy) is 1. The van der Waals surface area contributed by atoms with Crippen LogP contribution in [0.1, 0.15) is 25.8 Å². The zero-order valence-electron chi connectivity index (χ0n) is 14.4. The number of amides is 1. The fourth-order valence-corrected chi connectivity index (χ4v) is 2.04. The van der Waals surface area contributed by atoms with Crippen molar-refractivity contribution in [2.45, 2.75) is 32.8 Å². The first-order valence-electron chi connectivity index (χ1n) is 8.18. The average molecular weight is 342 g/mol. The second-order valence-corrected chi connectivity index (χ2v) is 5.42. The molecule has 0 aliphatic carbocycles. The number of benzene rings is 1. The van der Waals surface area contributed by atoms with Gasteiger partial charge in [-0.15, -0.1) is 0 Å². The monoisotopic (exact) mass is 342 g/mol. The number of hydrogen-bond acceptors (Lipinski definition) is 6. The summed E-state index contributed by atoms with van der Waals surface area (Å²) in [4.78, 5) is 31.8. The summed E-state index contributed by atoms with van der Waals surface area (Å²) in [5.41, 5.74) is 1.86. The smallest absolute Gasteiger partial charge is 0.308 e. The maximum atomic E-state index is 12.1. The number of hydrogen-bond donors (Lipinski definition) is 2. The summed E-state index contributed by atoms with van der Waals surface area (Å²) in [5.74, 6) is -0.388. The first kappa shape index (κ1) is 18.4. The predicted octanol–water partition coefficient (Wildman–Crippen LogP) is 2.41. The van der Waals surface area contributed by atoms with E-state index < -0.39 is 12.1 Å². The summed E-state index contributed by atoms with van der Waals surface area (Å²) >= 11 is 0. The Morgan fingerprint density at radius 3 is 2.48 bits per heavy atom. The van der Waals surface area contributed by atoms with Crippen molar-refractivity contribution in [3.63, 3.8) is 0 Å². The number of aryl methyl sites for hydroxylation is 1. The summed E-state index contributed by atoms with van der Waals surface area (Å²) in [6.45, 7) is 3.94. The van der Waals surface area contributed by atoms with Gasteiger partial charge in [0.2, 0.25) is 5.95 Å². The van der Waals surface area contributed by atoms with Crippen molar-refractivity contribution in [2.24, 2.45) is 0 Å². The van der Waals surface area contributed by atoms with Gasteiger partial charge in [-0.3, -0.25) is 9.59 Å². The second kappa shape index (κ2) is 9.36. The van der Waals surface area contributed by atoms with Gasteiger partial charge in [-0.25, -0.2) is 9.97 Å². The Morgan fingerprint density at radius 2 is 1.84 bits per heavy atom. The van der Waals surface area contributed by atoms with Crippen LogP contribution in [0, 0.1) is 0 Å². The Kier molecular flexibility index (Phi) is 6.88. The zero-order chi connectivity index (χ0) is 18.1. The van der Waals surface area contributed by atoms with Crippen molar-refractivity contribution < 1.29 is 14.3 Å². The van der Waals surface area contributed by atoms with E-state index in [2.05, 4.69) is 27.5 Å². The quantitative estimate of drug-likeness (QED) is 0.716. The lowest BCUT2D eigenvalue weighted by atomic mass is 10.1. The molecule has 1 atom stereocenters. The molecule has 0 aliphatic heterocycles. The largest absolute Gasteiger partial charge is 0.452 e. The molecular weight excluding hydrogens is 320 g/mol. The van der Waals surface area contributed by atoms with Gasteiger partial charge in [0.1, 0.15) is 0 Å². The highest BCUT2D eigenvalue weighted by molar-refractivity contribution is 5.95. The number of anilines is 2. The Balaban J connectivity index is 1.72. The number of carbonyl (C=O) groups excluding carboxylic acids is 2. The molecule has 7 nitrogen and oxygen atoms in total. The predicted molar refractivity (Wildman–Crippen MR) is 95.1 cm³/mol. The van der Waals surface area contributed by atoms with Crippen LogP contribution >= 0.6 is 0 Å². The number of rotatable bonds is 8. The minimum Gasteiger partial charge on any atom is -0.452 e. The molecule has 0 fully saturated rings. The van der Waals surface area contributed by atoms with Gasteiger partial charge in [-0.1, -0.05) is 19.1 Å². The minimum absolute atomic E-state index is 0.112. The van der Waals surface area contributed by atoms with E-state index in [9.17, 15) is 9.59 Å². The summed E-state index contributed by atoms with van der Waals surface area (Å²) < 4.78 is 5.14. The van der Waals surface area contributed by atoms with E-state index in [0.717, 1.165) is 6.42 Å². The SMILES string of the molecule is CCc1ccc(NC(=O)C(C)OC(=O)CCNc2ncccn2)cc1. The molecule has 1 unspecified atom stereocenters. The van der Waals surface area contributed by atoms with Crippen LogP contribution in [0.25, 0.3) is 0 Å². The Morgan fingerprint density at radius 1 is 1.16 bits per heavy atom. The molecule has 1 aromatic carbocycles. The van der Waals surface area contributed by atoms with E-state index >= 15 is 0 Å². The van der Waals surface area contributed by atoms with Gasteiger partial charge in [0, 0.05) is 24.6 Å². The first-order chi connectivity index (χ1) is 12.1. The Labute approximate surface area is 146 Å². The van der Waals surface area contributed by atoms with Crippen molar-refractivity contribution in [3.05, 3.63) is 48.3 Å². The van der Waals surface area contributed by atoms with Crippen LogP contribution in [0.2, 0.25) is 0 Å². The van der Waals surface area contributed by atoms with Crippen molar-refractivity contribution in [1.82, 2.24) is 9.97 Å². The minimum atomic E-state index is -0.869. The van der Waals surface area contributed by atoms with Crippen LogP contribution in [0.4, 0.5) is 11.6 Å². The molecule has 1 amide bonds. The van der Waals surface area contributed by atoms with Crippen molar-refractivity contribution in [2.75, 3.05) is 17.2 Å². The van der Waals surface area contributed by atoms with Gasteiger partial charge in [0.15, 0.2) is 6.10 Å². The van der Waals surface area contributed by atoms with Crippen LogP contribution in [0.15, 0.2) is 42.7 Å². The molecule has 0 saturated heterocycles. The summed E-state index contributed by atoms with van der Waals surface area (Å²) in [6, 6.07) is 9.26. The van der Waals surface area contributed by atoms with E-state index in [0.29, 0.717) is 18.2 Å². The molecular formula is C18H22N4O3. The third-order valence-electron chi connectivity index (χ3n) is 3.49. The molecule has 2 rings (SSSR count). The summed E-state index contributed by atoms with van der Waals surface area (Å²) in [7, 11) is 0. The second-order valence-electron chi connectivity index (χ2n) is 5.42. The van der Waals surface area contributed by atoms with Crippen LogP contribution < -0.4 is 10.6 Å². The zero-order valence-corrected chi connectivity index (χ0v) is 14.4. The van der Waals surface area contributed by atoms with Crippen molar-refractivity contribution in [3.8, 4) is 0 Å². The lowest BCUT2D eigenvalue weighted by Gasteiger charge is -2.14. The maximum absolute atomic E-state index is 12.1. The lowest BCUT2D eigenvalue weighted by Crippen LogP contribution is -2.30. The number of esters is 1. The topological polar surface area (TPSA) is 93.2 Å². The van der Waals surface area contributed by atoms with E-state index in [1.165, 1.54) is 5.56 Å². The van der Waals surface area contributed by atoms with Crippen LogP contribution in [0.3, 0.4) is 0 Å². The third kappa shape index (κ3) is 6.21. The molecule has 2 N–H and O–H groups in total. The highest BCUT2D eigenvalue weighted by Crippen LogP contribution is 2.11. The van der Waals surface area contributed by atoms with Crippen molar-refractivity contribution in [1.29, 1.82) is 0 Å². The van der Waals surface area contributed by atoms with Crippen LogP contribution in [0.5, 0.6) is 0 Å². The molecule has 132 valence electrons. The van der Waals surface area contributed by atoms with E-state index in [4.69, 9.17) is 4.74 Å². The summed E-state index contributed by atoms with van der Waals surface area (Å²) in [6.07, 6.45) is 3.39. The molecule has 1 heterocycles. The van der Waals surface area contributed by atoms with Gasteiger partial charge >= 0.3 is 5.97 Å². The highest BCUT2D eigenvalue weighted by atomic mass is 16.5. The van der Waals surface area contributed by atoms with E-state index in [1.54, 1.807) is 25.4 Å². The number of nitrogens with zero attached hydrogens (tertiary/aromatic N) is 2. The molecule has 2 aromatic rings. The maximum Gasteiger partial charge on any atom is 0.308 e. The van der Waals surface area contributed by atoms with Crippen LogP contribution in [-0.2, 0) is 20.7 Å².